The Balaban J connectivity index is 1.42. The zero-order valence-electron chi connectivity index (χ0n) is 21.0. The van der Waals surface area contributed by atoms with Crippen molar-refractivity contribution in [1.82, 2.24) is 20.2 Å². The number of carbonyl (C=O) groups is 1. The van der Waals surface area contributed by atoms with Crippen LogP contribution in [-0.4, -0.2) is 52.7 Å². The molecule has 2 aromatic carbocycles. The molecule has 1 amide bonds. The average molecular weight is 481 g/mol. The highest BCUT2D eigenvalue weighted by Crippen LogP contribution is 2.51. The van der Waals surface area contributed by atoms with E-state index in [1.807, 2.05) is 30.3 Å². The van der Waals surface area contributed by atoms with Gasteiger partial charge in [0.1, 0.15) is 11.6 Å². The number of benzene rings is 2. The van der Waals surface area contributed by atoms with Crippen LogP contribution in [0, 0.1) is 17.2 Å². The zero-order chi connectivity index (χ0) is 25.0. The Hall–Kier alpha value is -2.93. The SMILES string of the molecule is CC(C)C1c2ccc(F)cc2CCC1(CCN(C)CCCc1nc2ccccc2[nH]1)CNC(=O)O. The van der Waals surface area contributed by atoms with E-state index >= 15 is 0 Å². The molecule has 3 aromatic rings. The minimum absolute atomic E-state index is 0.169. The Labute approximate surface area is 206 Å². The Bertz CT molecular complexity index is 1130. The number of H-pyrrole nitrogens is 1. The molecule has 3 N–H and O–H groups in total. The lowest BCUT2D eigenvalue weighted by atomic mass is 9.58. The van der Waals surface area contributed by atoms with Crippen LogP contribution < -0.4 is 5.32 Å². The molecule has 7 heteroatoms. The number of amides is 1. The van der Waals surface area contributed by atoms with Crippen LogP contribution in [0.4, 0.5) is 9.18 Å². The standard InChI is InChI=1S/C28H37FN4O2/c1-19(2)26-22-11-10-21(29)17-20(22)12-13-28(26,18-30-27(34)35)14-16-33(3)15-6-9-25-31-23-7-4-5-8-24(23)32-25/h4-5,7-8,10-11,17,19,26,30H,6,9,12-16,18H2,1-3H3,(H,31,32)(H,34,35). The molecular formula is C28H37FN4O2. The van der Waals surface area contributed by atoms with Gasteiger partial charge in [-0.05, 0) is 98.5 Å². The normalized spacial score (nSPS) is 19.9. The van der Waals surface area contributed by atoms with Gasteiger partial charge in [-0.15, -0.1) is 0 Å². The maximum atomic E-state index is 13.9. The number of aryl methyl sites for hydroxylation is 2. The number of rotatable bonds is 10. The van der Waals surface area contributed by atoms with Crippen molar-refractivity contribution in [2.24, 2.45) is 11.3 Å². The summed E-state index contributed by atoms with van der Waals surface area (Å²) in [5.41, 5.74) is 4.10. The van der Waals surface area contributed by atoms with Gasteiger partial charge in [-0.25, -0.2) is 14.2 Å². The summed E-state index contributed by atoms with van der Waals surface area (Å²) < 4.78 is 13.9. The van der Waals surface area contributed by atoms with Crippen LogP contribution in [0.25, 0.3) is 11.0 Å². The van der Waals surface area contributed by atoms with Crippen molar-refractivity contribution in [1.29, 1.82) is 0 Å². The summed E-state index contributed by atoms with van der Waals surface area (Å²) in [5.74, 6) is 1.29. The smallest absolute Gasteiger partial charge is 0.404 e. The number of aromatic nitrogens is 2. The van der Waals surface area contributed by atoms with Crippen molar-refractivity contribution in [2.45, 2.75) is 51.9 Å². The van der Waals surface area contributed by atoms with Crippen molar-refractivity contribution in [3.8, 4) is 0 Å². The Morgan fingerprint density at radius 1 is 1.29 bits per heavy atom. The summed E-state index contributed by atoms with van der Waals surface area (Å²) in [4.78, 5) is 21.9. The van der Waals surface area contributed by atoms with Gasteiger partial charge in [-0.1, -0.05) is 32.0 Å². The summed E-state index contributed by atoms with van der Waals surface area (Å²) in [5, 5.41) is 12.1. The van der Waals surface area contributed by atoms with Gasteiger partial charge in [0.15, 0.2) is 0 Å². The van der Waals surface area contributed by atoms with Gasteiger partial charge in [0, 0.05) is 13.0 Å². The van der Waals surface area contributed by atoms with E-state index < -0.39 is 6.09 Å². The lowest BCUT2D eigenvalue weighted by Crippen LogP contribution is -2.47. The monoisotopic (exact) mass is 480 g/mol. The van der Waals surface area contributed by atoms with Crippen LogP contribution >= 0.6 is 0 Å². The Morgan fingerprint density at radius 3 is 2.83 bits per heavy atom. The highest BCUT2D eigenvalue weighted by molar-refractivity contribution is 5.74. The molecule has 0 bridgehead atoms. The fourth-order valence-corrected chi connectivity index (χ4v) is 6.01. The number of nitrogens with zero attached hydrogens (tertiary/aromatic N) is 2. The molecule has 2 unspecified atom stereocenters. The van der Waals surface area contributed by atoms with Crippen molar-refractivity contribution in [3.63, 3.8) is 0 Å². The number of para-hydroxylation sites is 2. The predicted molar refractivity (Wildman–Crippen MR) is 137 cm³/mol. The molecule has 0 fully saturated rings. The van der Waals surface area contributed by atoms with Crippen LogP contribution in [0.1, 0.15) is 56.0 Å². The topological polar surface area (TPSA) is 81.2 Å². The molecule has 1 heterocycles. The van der Waals surface area contributed by atoms with E-state index in [0.717, 1.165) is 67.6 Å². The highest BCUT2D eigenvalue weighted by Gasteiger charge is 2.44. The number of carboxylic acid groups (broad SMARTS) is 1. The first-order valence-corrected chi connectivity index (χ1v) is 12.6. The number of aromatic amines is 1. The van der Waals surface area contributed by atoms with Gasteiger partial charge >= 0.3 is 6.09 Å². The second kappa shape index (κ2) is 10.8. The van der Waals surface area contributed by atoms with Crippen LogP contribution in [-0.2, 0) is 12.8 Å². The number of halogens is 1. The lowest BCUT2D eigenvalue weighted by molar-refractivity contribution is 0.109. The van der Waals surface area contributed by atoms with Crippen molar-refractivity contribution in [2.75, 3.05) is 26.7 Å². The predicted octanol–water partition coefficient (Wildman–Crippen LogP) is 5.60. The first-order chi connectivity index (χ1) is 16.8. The second-order valence-corrected chi connectivity index (χ2v) is 10.4. The lowest BCUT2D eigenvalue weighted by Gasteiger charge is -2.48. The van der Waals surface area contributed by atoms with E-state index in [-0.39, 0.29) is 17.2 Å². The van der Waals surface area contributed by atoms with Crippen molar-refractivity contribution < 1.29 is 14.3 Å². The summed E-state index contributed by atoms with van der Waals surface area (Å²) in [6.07, 6.45) is 3.39. The molecule has 1 aliphatic carbocycles. The maximum absolute atomic E-state index is 13.9. The van der Waals surface area contributed by atoms with Crippen LogP contribution in [0.3, 0.4) is 0 Å². The Morgan fingerprint density at radius 2 is 2.09 bits per heavy atom. The van der Waals surface area contributed by atoms with E-state index in [0.29, 0.717) is 12.5 Å². The third kappa shape index (κ3) is 5.84. The van der Waals surface area contributed by atoms with Crippen LogP contribution in [0.15, 0.2) is 42.5 Å². The quantitative estimate of drug-likeness (QED) is 0.353. The largest absolute Gasteiger partial charge is 0.465 e. The van der Waals surface area contributed by atoms with Gasteiger partial charge in [-0.2, -0.15) is 0 Å². The second-order valence-electron chi connectivity index (χ2n) is 10.4. The molecule has 6 nitrogen and oxygen atoms in total. The fraction of sp³-hybridized carbons (Fsp3) is 0.500. The average Bonchev–Trinajstić information content (AvgIpc) is 3.24. The number of imidazole rings is 1. The maximum Gasteiger partial charge on any atom is 0.404 e. The number of hydrogen-bond donors (Lipinski definition) is 3. The van der Waals surface area contributed by atoms with Gasteiger partial charge in [0.25, 0.3) is 0 Å². The van der Waals surface area contributed by atoms with E-state index in [1.54, 1.807) is 12.1 Å². The highest BCUT2D eigenvalue weighted by atomic mass is 19.1. The van der Waals surface area contributed by atoms with Gasteiger partial charge in [-0.3, -0.25) is 0 Å². The Kier molecular flexibility index (Phi) is 7.75. The fourth-order valence-electron chi connectivity index (χ4n) is 6.01. The minimum Gasteiger partial charge on any atom is -0.465 e. The van der Waals surface area contributed by atoms with Crippen molar-refractivity contribution >= 4 is 17.1 Å². The molecule has 0 saturated carbocycles. The van der Waals surface area contributed by atoms with E-state index in [1.165, 1.54) is 5.56 Å². The van der Waals surface area contributed by atoms with Gasteiger partial charge in [0.05, 0.1) is 11.0 Å². The van der Waals surface area contributed by atoms with Crippen LogP contribution in [0.5, 0.6) is 0 Å². The molecule has 35 heavy (non-hydrogen) atoms. The number of fused-ring (bicyclic) bond motifs is 2. The van der Waals surface area contributed by atoms with E-state index in [9.17, 15) is 14.3 Å². The number of hydrogen-bond acceptors (Lipinski definition) is 3. The molecule has 0 saturated heterocycles. The molecular weight excluding hydrogens is 443 g/mol. The van der Waals surface area contributed by atoms with Crippen LogP contribution in [0.2, 0.25) is 0 Å². The zero-order valence-corrected chi connectivity index (χ0v) is 21.0. The summed E-state index contributed by atoms with van der Waals surface area (Å²) in [6.45, 7) is 6.61. The molecule has 0 aliphatic heterocycles. The summed E-state index contributed by atoms with van der Waals surface area (Å²) >= 11 is 0. The molecule has 1 aliphatic rings. The van der Waals surface area contributed by atoms with E-state index in [2.05, 4.69) is 41.1 Å². The van der Waals surface area contributed by atoms with Gasteiger partial charge in [0.2, 0.25) is 0 Å². The molecule has 1 aromatic heterocycles. The first-order valence-electron chi connectivity index (χ1n) is 12.6. The molecule has 4 rings (SSSR count). The van der Waals surface area contributed by atoms with Gasteiger partial charge < -0.3 is 20.3 Å². The third-order valence-corrected chi connectivity index (χ3v) is 7.63. The number of nitrogens with one attached hydrogen (secondary N) is 2. The minimum atomic E-state index is -0.990. The summed E-state index contributed by atoms with van der Waals surface area (Å²) in [7, 11) is 2.13. The molecule has 0 spiro atoms. The third-order valence-electron chi connectivity index (χ3n) is 7.63. The molecule has 2 atom stereocenters. The first kappa shape index (κ1) is 25.2. The van der Waals surface area contributed by atoms with E-state index in [4.69, 9.17) is 0 Å². The molecule has 0 radical (unpaired) electrons. The van der Waals surface area contributed by atoms with Crippen molar-refractivity contribution in [3.05, 3.63) is 65.2 Å². The summed E-state index contributed by atoms with van der Waals surface area (Å²) in [6, 6.07) is 13.2. The molecule has 188 valence electrons.